The summed E-state index contributed by atoms with van der Waals surface area (Å²) in [6.45, 7) is 4.38. The van der Waals surface area contributed by atoms with Gasteiger partial charge < -0.3 is 15.7 Å². The molecule has 0 aromatic heterocycles. The molecule has 0 aliphatic heterocycles. The van der Waals surface area contributed by atoms with Crippen molar-refractivity contribution >= 4 is 12.0 Å². The minimum Gasteiger partial charge on any atom is -0.481 e. The zero-order valence-electron chi connectivity index (χ0n) is 11.9. The van der Waals surface area contributed by atoms with Crippen molar-refractivity contribution in [2.24, 2.45) is 11.8 Å². The number of carboxylic acids is 1. The zero-order chi connectivity index (χ0) is 14.3. The number of nitrogens with one attached hydrogen (secondary N) is 2. The topological polar surface area (TPSA) is 78.4 Å². The summed E-state index contributed by atoms with van der Waals surface area (Å²) in [5, 5.41) is 14.6. The minimum absolute atomic E-state index is 0.206. The molecule has 5 nitrogen and oxygen atoms in total. The minimum atomic E-state index is -0.839. The van der Waals surface area contributed by atoms with Crippen molar-refractivity contribution in [1.82, 2.24) is 10.6 Å². The van der Waals surface area contributed by atoms with Gasteiger partial charge in [-0.1, -0.05) is 20.3 Å². The molecule has 1 atom stereocenters. The summed E-state index contributed by atoms with van der Waals surface area (Å²) in [5.41, 5.74) is 0. The van der Waals surface area contributed by atoms with Crippen molar-refractivity contribution in [3.8, 4) is 0 Å². The quantitative estimate of drug-likeness (QED) is 0.693. The van der Waals surface area contributed by atoms with E-state index in [0.29, 0.717) is 6.42 Å². The molecule has 110 valence electrons. The first-order valence-corrected chi connectivity index (χ1v) is 7.30. The fourth-order valence-electron chi connectivity index (χ4n) is 2.52. The second kappa shape index (κ2) is 8.02. The van der Waals surface area contributed by atoms with Gasteiger partial charge in [0.1, 0.15) is 0 Å². The van der Waals surface area contributed by atoms with Gasteiger partial charge in [0, 0.05) is 12.6 Å². The van der Waals surface area contributed by atoms with E-state index >= 15 is 0 Å². The van der Waals surface area contributed by atoms with Gasteiger partial charge in [-0.2, -0.15) is 0 Å². The van der Waals surface area contributed by atoms with Gasteiger partial charge in [0.05, 0.1) is 5.92 Å². The average Bonchev–Trinajstić information content (AvgIpc) is 2.37. The van der Waals surface area contributed by atoms with Crippen LogP contribution in [-0.2, 0) is 4.79 Å². The van der Waals surface area contributed by atoms with Gasteiger partial charge in [-0.25, -0.2) is 4.79 Å². The first-order valence-electron chi connectivity index (χ1n) is 7.30. The number of urea groups is 1. The lowest BCUT2D eigenvalue weighted by atomic mass is 9.87. The zero-order valence-corrected chi connectivity index (χ0v) is 11.9. The first kappa shape index (κ1) is 15.8. The highest BCUT2D eigenvalue weighted by atomic mass is 16.4. The van der Waals surface area contributed by atoms with E-state index in [0.717, 1.165) is 38.0 Å². The van der Waals surface area contributed by atoms with Gasteiger partial charge in [-0.3, -0.25) is 4.79 Å². The highest BCUT2D eigenvalue weighted by Crippen LogP contribution is 2.23. The van der Waals surface area contributed by atoms with E-state index in [1.54, 1.807) is 0 Å². The van der Waals surface area contributed by atoms with Gasteiger partial charge in [0.15, 0.2) is 0 Å². The Bertz CT molecular complexity index is 299. The van der Waals surface area contributed by atoms with E-state index in [9.17, 15) is 9.59 Å². The van der Waals surface area contributed by atoms with E-state index in [2.05, 4.69) is 17.6 Å². The number of hydrogen-bond acceptors (Lipinski definition) is 2. The molecule has 5 heteroatoms. The van der Waals surface area contributed by atoms with Crippen LogP contribution in [0.1, 0.15) is 52.4 Å². The predicted molar refractivity (Wildman–Crippen MR) is 74.0 cm³/mol. The predicted octanol–water partition coefficient (Wildman–Crippen LogP) is 2.37. The van der Waals surface area contributed by atoms with Crippen molar-refractivity contribution in [3.63, 3.8) is 0 Å². The van der Waals surface area contributed by atoms with E-state index < -0.39 is 11.9 Å². The summed E-state index contributed by atoms with van der Waals surface area (Å²) in [6, 6.07) is 0.00700. The Morgan fingerprint density at radius 1 is 1.26 bits per heavy atom. The summed E-state index contributed by atoms with van der Waals surface area (Å²) in [5.74, 6) is -0.571. The molecule has 0 saturated heterocycles. The van der Waals surface area contributed by atoms with Gasteiger partial charge in [0.2, 0.25) is 0 Å². The lowest BCUT2D eigenvalue weighted by molar-refractivity contribution is -0.141. The molecule has 0 spiro atoms. The van der Waals surface area contributed by atoms with Crippen molar-refractivity contribution in [2.75, 3.05) is 6.54 Å². The van der Waals surface area contributed by atoms with E-state index in [1.165, 1.54) is 0 Å². The van der Waals surface area contributed by atoms with Crippen LogP contribution < -0.4 is 10.6 Å². The summed E-state index contributed by atoms with van der Waals surface area (Å²) in [7, 11) is 0. The number of carbonyl (C=O) groups is 2. The molecule has 1 unspecified atom stereocenters. The molecule has 2 amide bonds. The van der Waals surface area contributed by atoms with Gasteiger partial charge >= 0.3 is 12.0 Å². The molecular weight excluding hydrogens is 244 g/mol. The molecule has 0 bridgehead atoms. The molecule has 1 saturated carbocycles. The average molecular weight is 270 g/mol. The van der Waals surface area contributed by atoms with Crippen LogP contribution in [0.4, 0.5) is 4.79 Å². The second-order valence-corrected chi connectivity index (χ2v) is 5.63. The smallest absolute Gasteiger partial charge is 0.315 e. The molecule has 0 aromatic carbocycles. The summed E-state index contributed by atoms with van der Waals surface area (Å²) >= 11 is 0. The summed E-state index contributed by atoms with van der Waals surface area (Å²) in [4.78, 5) is 22.7. The lowest BCUT2D eigenvalue weighted by Gasteiger charge is -2.27. The van der Waals surface area contributed by atoms with E-state index in [4.69, 9.17) is 5.11 Å². The highest BCUT2D eigenvalue weighted by molar-refractivity contribution is 5.76. The number of aliphatic carboxylic acids is 1. The SMILES string of the molecule is CCCC(CNC(=O)NC1CCC(C)CC1)C(=O)O. The monoisotopic (exact) mass is 270 g/mol. The Labute approximate surface area is 115 Å². The molecule has 1 aliphatic carbocycles. The standard InChI is InChI=1S/C14H26N2O3/c1-3-4-11(13(17)18)9-15-14(19)16-12-7-5-10(2)6-8-12/h10-12H,3-9H2,1-2H3,(H,17,18)(H2,15,16,19). The summed E-state index contributed by atoms with van der Waals surface area (Å²) in [6.07, 6.45) is 5.74. The van der Waals surface area contributed by atoms with Crippen LogP contribution in [0.2, 0.25) is 0 Å². The fraction of sp³-hybridized carbons (Fsp3) is 0.857. The van der Waals surface area contributed by atoms with Crippen molar-refractivity contribution in [2.45, 2.75) is 58.4 Å². The molecule has 1 aliphatic rings. The third-order valence-electron chi connectivity index (χ3n) is 3.85. The van der Waals surface area contributed by atoms with Crippen molar-refractivity contribution in [1.29, 1.82) is 0 Å². The Morgan fingerprint density at radius 2 is 1.89 bits per heavy atom. The largest absolute Gasteiger partial charge is 0.481 e. The number of carbonyl (C=O) groups excluding carboxylic acids is 1. The molecule has 1 fully saturated rings. The number of amides is 2. The van der Waals surface area contributed by atoms with Crippen LogP contribution in [0.25, 0.3) is 0 Å². The van der Waals surface area contributed by atoms with Crippen LogP contribution in [0.5, 0.6) is 0 Å². The Balaban J connectivity index is 2.25. The van der Waals surface area contributed by atoms with Gasteiger partial charge in [-0.05, 0) is 38.0 Å². The maximum absolute atomic E-state index is 11.7. The Hall–Kier alpha value is -1.26. The maximum atomic E-state index is 11.7. The molecule has 3 N–H and O–H groups in total. The fourth-order valence-corrected chi connectivity index (χ4v) is 2.52. The van der Waals surface area contributed by atoms with E-state index in [-0.39, 0.29) is 18.6 Å². The Morgan fingerprint density at radius 3 is 2.42 bits per heavy atom. The van der Waals surface area contributed by atoms with Crippen LogP contribution in [0.15, 0.2) is 0 Å². The normalized spacial score (nSPS) is 24.5. The molecule has 0 aromatic rings. The second-order valence-electron chi connectivity index (χ2n) is 5.63. The number of carboxylic acid groups (broad SMARTS) is 1. The van der Waals surface area contributed by atoms with Crippen LogP contribution in [0.3, 0.4) is 0 Å². The van der Waals surface area contributed by atoms with E-state index in [1.807, 2.05) is 6.92 Å². The molecule has 0 radical (unpaired) electrons. The summed E-state index contributed by atoms with van der Waals surface area (Å²) < 4.78 is 0. The van der Waals surface area contributed by atoms with Crippen molar-refractivity contribution < 1.29 is 14.7 Å². The molecule has 1 rings (SSSR count). The molecule has 0 heterocycles. The lowest BCUT2D eigenvalue weighted by Crippen LogP contribution is -2.45. The van der Waals surface area contributed by atoms with Crippen LogP contribution in [0, 0.1) is 11.8 Å². The van der Waals surface area contributed by atoms with Gasteiger partial charge in [-0.15, -0.1) is 0 Å². The van der Waals surface area contributed by atoms with Crippen molar-refractivity contribution in [3.05, 3.63) is 0 Å². The third kappa shape index (κ3) is 5.94. The highest BCUT2D eigenvalue weighted by Gasteiger charge is 2.21. The molecular formula is C14H26N2O3. The molecule has 19 heavy (non-hydrogen) atoms. The third-order valence-corrected chi connectivity index (χ3v) is 3.85. The number of rotatable bonds is 6. The van der Waals surface area contributed by atoms with Gasteiger partial charge in [0.25, 0.3) is 0 Å². The number of hydrogen-bond donors (Lipinski definition) is 3. The van der Waals surface area contributed by atoms with Crippen LogP contribution in [-0.4, -0.2) is 29.7 Å². The maximum Gasteiger partial charge on any atom is 0.315 e. The van der Waals surface area contributed by atoms with Crippen LogP contribution >= 0.6 is 0 Å². The first-order chi connectivity index (χ1) is 9.02. The Kier molecular flexibility index (Phi) is 6.67.